The molecule has 1 atom stereocenters. The number of aryl methyl sites for hydroxylation is 2. The van der Waals surface area contributed by atoms with Gasteiger partial charge in [-0.05, 0) is 19.8 Å². The number of carbonyl (C=O) groups is 1. The first-order valence-corrected chi connectivity index (χ1v) is 7.89. The summed E-state index contributed by atoms with van der Waals surface area (Å²) < 4.78 is 1.74. The predicted molar refractivity (Wildman–Crippen MR) is 82.8 cm³/mol. The topological polar surface area (TPSA) is 63.1 Å². The lowest BCUT2D eigenvalue weighted by molar-refractivity contribution is 0.0925. The summed E-state index contributed by atoms with van der Waals surface area (Å²) >= 11 is 1.70. The van der Waals surface area contributed by atoms with E-state index in [1.807, 2.05) is 13.2 Å². The van der Waals surface area contributed by atoms with Crippen molar-refractivity contribution in [2.24, 2.45) is 7.05 Å². The number of hydrogen-bond acceptors (Lipinski definition) is 5. The predicted octanol–water partition coefficient (Wildman–Crippen LogP) is 1.58. The Balaban J connectivity index is 1.64. The molecule has 1 unspecified atom stereocenters. The van der Waals surface area contributed by atoms with E-state index in [-0.39, 0.29) is 11.9 Å². The van der Waals surface area contributed by atoms with Crippen molar-refractivity contribution in [2.45, 2.75) is 25.8 Å². The van der Waals surface area contributed by atoms with Crippen LogP contribution in [0.25, 0.3) is 0 Å². The Hall–Kier alpha value is -1.89. The number of piperidine rings is 1. The number of imidazole rings is 1. The normalized spacial score (nSPS) is 18.8. The lowest BCUT2D eigenvalue weighted by Gasteiger charge is -2.32. The highest BCUT2D eigenvalue weighted by molar-refractivity contribution is 7.15. The molecule has 0 saturated carbocycles. The van der Waals surface area contributed by atoms with E-state index in [4.69, 9.17) is 0 Å². The fourth-order valence-electron chi connectivity index (χ4n) is 2.59. The van der Waals surface area contributed by atoms with Crippen LogP contribution in [0.5, 0.6) is 0 Å². The first kappa shape index (κ1) is 14.1. The molecule has 0 bridgehead atoms. The second kappa shape index (κ2) is 5.85. The van der Waals surface area contributed by atoms with Gasteiger partial charge in [0.2, 0.25) is 0 Å². The smallest absolute Gasteiger partial charge is 0.269 e. The molecular formula is C14H19N5OS. The zero-order chi connectivity index (χ0) is 14.8. The zero-order valence-corrected chi connectivity index (χ0v) is 13.1. The van der Waals surface area contributed by atoms with Crippen LogP contribution in [0.3, 0.4) is 0 Å². The van der Waals surface area contributed by atoms with Crippen LogP contribution in [0, 0.1) is 6.92 Å². The first-order chi connectivity index (χ1) is 10.1. The summed E-state index contributed by atoms with van der Waals surface area (Å²) in [6.07, 6.45) is 7.21. The van der Waals surface area contributed by atoms with Gasteiger partial charge < -0.3 is 14.8 Å². The standard InChI is InChI=1S/C14H19N5OS/c1-10-6-16-14(21-10)19-5-3-4-11(8-19)17-13(20)12-7-15-9-18(12)2/h6-7,9,11H,3-5,8H2,1-2H3,(H,17,20). The van der Waals surface area contributed by atoms with Crippen LogP contribution < -0.4 is 10.2 Å². The molecule has 1 aliphatic heterocycles. The molecule has 1 aliphatic rings. The number of aromatic nitrogens is 3. The third-order valence-electron chi connectivity index (χ3n) is 3.69. The third kappa shape index (κ3) is 3.07. The number of amides is 1. The van der Waals surface area contributed by atoms with Crippen molar-refractivity contribution in [1.29, 1.82) is 0 Å². The Morgan fingerprint density at radius 1 is 1.48 bits per heavy atom. The van der Waals surface area contributed by atoms with Crippen molar-refractivity contribution in [2.75, 3.05) is 18.0 Å². The second-order valence-electron chi connectivity index (χ2n) is 5.40. The third-order valence-corrected chi connectivity index (χ3v) is 4.66. The molecule has 3 heterocycles. The molecule has 1 fully saturated rings. The average Bonchev–Trinajstić information content (AvgIpc) is 3.08. The molecule has 3 rings (SSSR count). The number of anilines is 1. The van der Waals surface area contributed by atoms with E-state index in [2.05, 4.69) is 27.1 Å². The molecule has 0 aromatic carbocycles. The van der Waals surface area contributed by atoms with Gasteiger partial charge in [0.05, 0.1) is 12.5 Å². The van der Waals surface area contributed by atoms with Gasteiger partial charge in [-0.15, -0.1) is 11.3 Å². The number of nitrogens with zero attached hydrogens (tertiary/aromatic N) is 4. The molecule has 2 aromatic heterocycles. The Morgan fingerprint density at radius 3 is 3.00 bits per heavy atom. The lowest BCUT2D eigenvalue weighted by Crippen LogP contribution is -2.48. The van der Waals surface area contributed by atoms with Gasteiger partial charge in [-0.2, -0.15) is 0 Å². The lowest BCUT2D eigenvalue weighted by atomic mass is 10.1. The molecule has 6 nitrogen and oxygen atoms in total. The quantitative estimate of drug-likeness (QED) is 0.935. The summed E-state index contributed by atoms with van der Waals surface area (Å²) in [5.41, 5.74) is 0.595. The van der Waals surface area contributed by atoms with Crippen LogP contribution in [0.1, 0.15) is 28.2 Å². The molecule has 1 saturated heterocycles. The van der Waals surface area contributed by atoms with E-state index in [9.17, 15) is 4.79 Å². The van der Waals surface area contributed by atoms with Gasteiger partial charge in [0.1, 0.15) is 5.69 Å². The summed E-state index contributed by atoms with van der Waals surface area (Å²) in [6.45, 7) is 3.88. The second-order valence-corrected chi connectivity index (χ2v) is 6.62. The van der Waals surface area contributed by atoms with Crippen molar-refractivity contribution in [3.05, 3.63) is 29.3 Å². The van der Waals surface area contributed by atoms with Crippen molar-refractivity contribution in [3.8, 4) is 0 Å². The van der Waals surface area contributed by atoms with Crippen molar-refractivity contribution in [1.82, 2.24) is 19.9 Å². The van der Waals surface area contributed by atoms with Gasteiger partial charge in [0.15, 0.2) is 5.13 Å². The SMILES string of the molecule is Cc1cnc(N2CCCC(NC(=O)c3cncn3C)C2)s1. The molecule has 1 amide bonds. The van der Waals surface area contributed by atoms with E-state index in [0.29, 0.717) is 5.69 Å². The van der Waals surface area contributed by atoms with Gasteiger partial charge in [-0.1, -0.05) is 0 Å². The monoisotopic (exact) mass is 305 g/mol. The number of nitrogens with one attached hydrogen (secondary N) is 1. The Bertz CT molecular complexity index is 635. The summed E-state index contributed by atoms with van der Waals surface area (Å²) in [5.74, 6) is -0.0582. The summed E-state index contributed by atoms with van der Waals surface area (Å²) in [7, 11) is 1.83. The Kier molecular flexibility index (Phi) is 3.92. The van der Waals surface area contributed by atoms with Crippen LogP contribution in [-0.4, -0.2) is 39.6 Å². The fraction of sp³-hybridized carbons (Fsp3) is 0.500. The van der Waals surface area contributed by atoms with E-state index in [0.717, 1.165) is 31.1 Å². The minimum atomic E-state index is -0.0582. The van der Waals surface area contributed by atoms with E-state index >= 15 is 0 Å². The minimum absolute atomic E-state index is 0.0582. The average molecular weight is 305 g/mol. The molecular weight excluding hydrogens is 286 g/mol. The maximum absolute atomic E-state index is 12.2. The molecule has 0 radical (unpaired) electrons. The zero-order valence-electron chi connectivity index (χ0n) is 12.2. The number of thiazole rings is 1. The molecule has 21 heavy (non-hydrogen) atoms. The van der Waals surface area contributed by atoms with Crippen LogP contribution in [0.15, 0.2) is 18.7 Å². The van der Waals surface area contributed by atoms with Gasteiger partial charge in [-0.25, -0.2) is 9.97 Å². The van der Waals surface area contributed by atoms with Gasteiger partial charge >= 0.3 is 0 Å². The minimum Gasteiger partial charge on any atom is -0.346 e. The fourth-order valence-corrected chi connectivity index (χ4v) is 3.39. The van der Waals surface area contributed by atoms with E-state index < -0.39 is 0 Å². The Labute approximate surface area is 127 Å². The first-order valence-electron chi connectivity index (χ1n) is 7.08. The van der Waals surface area contributed by atoms with Gasteiger partial charge in [-0.3, -0.25) is 4.79 Å². The summed E-state index contributed by atoms with van der Waals surface area (Å²) in [5, 5.41) is 4.15. The number of carbonyl (C=O) groups excluding carboxylic acids is 1. The summed E-state index contributed by atoms with van der Waals surface area (Å²) in [4.78, 5) is 24.1. The molecule has 112 valence electrons. The molecule has 1 N–H and O–H groups in total. The van der Waals surface area contributed by atoms with Crippen LogP contribution in [-0.2, 0) is 7.05 Å². The van der Waals surface area contributed by atoms with E-state index in [1.165, 1.54) is 4.88 Å². The summed E-state index contributed by atoms with van der Waals surface area (Å²) in [6, 6.07) is 0.158. The largest absolute Gasteiger partial charge is 0.346 e. The molecule has 0 aliphatic carbocycles. The van der Waals surface area contributed by atoms with Crippen molar-refractivity contribution in [3.63, 3.8) is 0 Å². The molecule has 0 spiro atoms. The highest BCUT2D eigenvalue weighted by Crippen LogP contribution is 2.24. The van der Waals surface area contributed by atoms with Crippen LogP contribution >= 0.6 is 11.3 Å². The highest BCUT2D eigenvalue weighted by atomic mass is 32.1. The maximum atomic E-state index is 12.2. The van der Waals surface area contributed by atoms with E-state index in [1.54, 1.807) is 28.4 Å². The molecule has 2 aromatic rings. The highest BCUT2D eigenvalue weighted by Gasteiger charge is 2.24. The van der Waals surface area contributed by atoms with Crippen LogP contribution in [0.2, 0.25) is 0 Å². The van der Waals surface area contributed by atoms with Crippen molar-refractivity contribution >= 4 is 22.4 Å². The van der Waals surface area contributed by atoms with Crippen LogP contribution in [0.4, 0.5) is 5.13 Å². The maximum Gasteiger partial charge on any atom is 0.269 e. The molecule has 7 heteroatoms. The van der Waals surface area contributed by atoms with Crippen molar-refractivity contribution < 1.29 is 4.79 Å². The van der Waals surface area contributed by atoms with Gasteiger partial charge in [0, 0.05) is 37.3 Å². The Morgan fingerprint density at radius 2 is 2.33 bits per heavy atom. The number of hydrogen-bond donors (Lipinski definition) is 1. The number of rotatable bonds is 3. The van der Waals surface area contributed by atoms with Gasteiger partial charge in [0.25, 0.3) is 5.91 Å².